The Hall–Kier alpha value is -1.39. The molecule has 19 heavy (non-hydrogen) atoms. The topological polar surface area (TPSA) is 55.6 Å². The van der Waals surface area contributed by atoms with Crippen LogP contribution in [-0.4, -0.2) is 37.1 Å². The van der Waals surface area contributed by atoms with Crippen molar-refractivity contribution in [2.45, 2.75) is 19.4 Å². The van der Waals surface area contributed by atoms with E-state index < -0.39 is 0 Å². The molecule has 1 saturated heterocycles. The normalized spacial score (nSPS) is 19.6. The second kappa shape index (κ2) is 6.68. The average Bonchev–Trinajstić information content (AvgIpc) is 2.75. The minimum Gasteiger partial charge on any atom is -0.380 e. The van der Waals surface area contributed by atoms with Gasteiger partial charge >= 0.3 is 0 Å². The minimum absolute atomic E-state index is 0.127. The number of rotatable bonds is 3. The molecule has 0 saturated carbocycles. The van der Waals surface area contributed by atoms with Crippen LogP contribution in [0, 0.1) is 5.92 Å². The Balaban J connectivity index is 2.01. The lowest BCUT2D eigenvalue weighted by Crippen LogP contribution is -2.40. The highest BCUT2D eigenvalue weighted by Crippen LogP contribution is 2.21. The summed E-state index contributed by atoms with van der Waals surface area (Å²) in [4.78, 5) is 14.3. The van der Waals surface area contributed by atoms with Crippen LogP contribution in [0.2, 0.25) is 0 Å². The Morgan fingerprint density at radius 3 is 2.74 bits per heavy atom. The zero-order chi connectivity index (χ0) is 13.7. The van der Waals surface area contributed by atoms with Crippen molar-refractivity contribution in [1.29, 1.82) is 0 Å². The zero-order valence-corrected chi connectivity index (χ0v) is 11.4. The Morgan fingerprint density at radius 2 is 2.00 bits per heavy atom. The number of ether oxygens (including phenoxy) is 1. The highest BCUT2D eigenvalue weighted by molar-refractivity contribution is 5.79. The van der Waals surface area contributed by atoms with Crippen molar-refractivity contribution in [1.82, 2.24) is 4.90 Å². The van der Waals surface area contributed by atoms with Crippen molar-refractivity contribution in [3.8, 4) is 0 Å². The maximum Gasteiger partial charge on any atom is 0.227 e. The predicted octanol–water partition coefficient (Wildman–Crippen LogP) is 1.57. The Labute approximate surface area is 114 Å². The summed E-state index contributed by atoms with van der Waals surface area (Å²) in [5.41, 5.74) is 7.22. The van der Waals surface area contributed by atoms with Crippen LogP contribution in [-0.2, 0) is 9.53 Å². The molecule has 0 radical (unpaired) electrons. The molecule has 1 aromatic rings. The Bertz CT molecular complexity index is 400. The van der Waals surface area contributed by atoms with Crippen molar-refractivity contribution in [2.24, 2.45) is 11.7 Å². The molecule has 2 rings (SSSR count). The number of amides is 1. The number of carbonyl (C=O) groups excluding carboxylic acids is 1. The van der Waals surface area contributed by atoms with E-state index >= 15 is 0 Å². The number of carbonyl (C=O) groups is 1. The monoisotopic (exact) mass is 262 g/mol. The third kappa shape index (κ3) is 3.55. The highest BCUT2D eigenvalue weighted by atomic mass is 16.5. The molecular weight excluding hydrogens is 240 g/mol. The van der Waals surface area contributed by atoms with Gasteiger partial charge in [-0.1, -0.05) is 37.3 Å². The van der Waals surface area contributed by atoms with E-state index in [2.05, 4.69) is 0 Å². The molecule has 1 amide bonds. The summed E-state index contributed by atoms with van der Waals surface area (Å²) in [6, 6.07) is 9.55. The third-order valence-corrected chi connectivity index (χ3v) is 3.65. The smallest absolute Gasteiger partial charge is 0.227 e. The molecule has 1 aliphatic heterocycles. The van der Waals surface area contributed by atoms with Crippen LogP contribution in [0.3, 0.4) is 0 Å². The second-order valence-corrected chi connectivity index (χ2v) is 5.02. The van der Waals surface area contributed by atoms with Gasteiger partial charge < -0.3 is 15.4 Å². The molecule has 1 fully saturated rings. The fraction of sp³-hybridized carbons (Fsp3) is 0.533. The van der Waals surface area contributed by atoms with Crippen LogP contribution >= 0.6 is 0 Å². The first-order valence-corrected chi connectivity index (χ1v) is 6.87. The first-order chi connectivity index (χ1) is 9.20. The molecule has 1 aromatic carbocycles. The minimum atomic E-state index is -0.252. The number of hydrogen-bond donors (Lipinski definition) is 1. The molecule has 0 bridgehead atoms. The number of benzene rings is 1. The summed E-state index contributed by atoms with van der Waals surface area (Å²) >= 11 is 0. The molecule has 4 heteroatoms. The SMILES string of the molecule is CC(C(=O)N1CCCOCC1)C(N)c1ccccc1. The van der Waals surface area contributed by atoms with Gasteiger partial charge in [-0.05, 0) is 12.0 Å². The van der Waals surface area contributed by atoms with Gasteiger partial charge in [-0.25, -0.2) is 0 Å². The first-order valence-electron chi connectivity index (χ1n) is 6.87. The van der Waals surface area contributed by atoms with Crippen LogP contribution in [0.1, 0.15) is 24.9 Å². The van der Waals surface area contributed by atoms with E-state index in [1.807, 2.05) is 42.2 Å². The van der Waals surface area contributed by atoms with Crippen molar-refractivity contribution in [2.75, 3.05) is 26.3 Å². The van der Waals surface area contributed by atoms with Gasteiger partial charge in [0.1, 0.15) is 0 Å². The lowest BCUT2D eigenvalue weighted by molar-refractivity contribution is -0.135. The van der Waals surface area contributed by atoms with Gasteiger partial charge in [0.15, 0.2) is 0 Å². The summed E-state index contributed by atoms with van der Waals surface area (Å²) < 4.78 is 5.37. The summed E-state index contributed by atoms with van der Waals surface area (Å²) in [5, 5.41) is 0. The summed E-state index contributed by atoms with van der Waals surface area (Å²) in [6.07, 6.45) is 0.902. The van der Waals surface area contributed by atoms with E-state index in [4.69, 9.17) is 10.5 Å². The lowest BCUT2D eigenvalue weighted by Gasteiger charge is -2.27. The van der Waals surface area contributed by atoms with Crippen molar-refractivity contribution in [3.63, 3.8) is 0 Å². The largest absolute Gasteiger partial charge is 0.380 e. The molecule has 0 aromatic heterocycles. The van der Waals surface area contributed by atoms with Gasteiger partial charge in [0, 0.05) is 25.7 Å². The van der Waals surface area contributed by atoms with Gasteiger partial charge in [0.05, 0.1) is 12.5 Å². The molecular formula is C15H22N2O2. The molecule has 0 aliphatic carbocycles. The predicted molar refractivity (Wildman–Crippen MR) is 74.6 cm³/mol. The van der Waals surface area contributed by atoms with Crippen molar-refractivity contribution in [3.05, 3.63) is 35.9 Å². The number of nitrogens with two attached hydrogens (primary N) is 1. The summed E-state index contributed by atoms with van der Waals surface area (Å²) in [5.74, 6) is -0.0812. The molecule has 2 N–H and O–H groups in total. The molecule has 1 aliphatic rings. The van der Waals surface area contributed by atoms with E-state index in [0.717, 1.165) is 25.1 Å². The highest BCUT2D eigenvalue weighted by Gasteiger charge is 2.27. The third-order valence-electron chi connectivity index (χ3n) is 3.65. The zero-order valence-electron chi connectivity index (χ0n) is 11.4. The number of nitrogens with zero attached hydrogens (tertiary/aromatic N) is 1. The lowest BCUT2D eigenvalue weighted by atomic mass is 9.94. The fourth-order valence-corrected chi connectivity index (χ4v) is 2.37. The van der Waals surface area contributed by atoms with Gasteiger partial charge in [0.25, 0.3) is 0 Å². The van der Waals surface area contributed by atoms with Crippen LogP contribution in [0.5, 0.6) is 0 Å². The van der Waals surface area contributed by atoms with E-state index in [9.17, 15) is 4.79 Å². The van der Waals surface area contributed by atoms with E-state index in [0.29, 0.717) is 13.2 Å². The molecule has 104 valence electrons. The van der Waals surface area contributed by atoms with Crippen molar-refractivity contribution >= 4 is 5.91 Å². The van der Waals surface area contributed by atoms with Gasteiger partial charge in [0.2, 0.25) is 5.91 Å². The maximum absolute atomic E-state index is 12.5. The van der Waals surface area contributed by atoms with Gasteiger partial charge in [-0.3, -0.25) is 4.79 Å². The van der Waals surface area contributed by atoms with E-state index in [-0.39, 0.29) is 17.9 Å². The van der Waals surface area contributed by atoms with Crippen LogP contribution < -0.4 is 5.73 Å². The number of hydrogen-bond acceptors (Lipinski definition) is 3. The molecule has 2 atom stereocenters. The molecule has 4 nitrogen and oxygen atoms in total. The van der Waals surface area contributed by atoms with Crippen LogP contribution in [0.15, 0.2) is 30.3 Å². The first kappa shape index (κ1) is 14.0. The van der Waals surface area contributed by atoms with E-state index in [1.165, 1.54) is 0 Å². The van der Waals surface area contributed by atoms with Crippen LogP contribution in [0.4, 0.5) is 0 Å². The van der Waals surface area contributed by atoms with E-state index in [1.54, 1.807) is 0 Å². The molecule has 1 heterocycles. The van der Waals surface area contributed by atoms with Gasteiger partial charge in [-0.15, -0.1) is 0 Å². The standard InChI is InChI=1S/C15H22N2O2/c1-12(14(16)13-6-3-2-4-7-13)15(18)17-8-5-10-19-11-9-17/h2-4,6-7,12,14H,5,8-11,16H2,1H3. The summed E-state index contributed by atoms with van der Waals surface area (Å²) in [6.45, 7) is 4.71. The molecule has 2 unspecified atom stereocenters. The Kier molecular flexibility index (Phi) is 4.93. The quantitative estimate of drug-likeness (QED) is 0.899. The fourth-order valence-electron chi connectivity index (χ4n) is 2.37. The average molecular weight is 262 g/mol. The second-order valence-electron chi connectivity index (χ2n) is 5.02. The van der Waals surface area contributed by atoms with Crippen LogP contribution in [0.25, 0.3) is 0 Å². The van der Waals surface area contributed by atoms with Gasteiger partial charge in [-0.2, -0.15) is 0 Å². The maximum atomic E-state index is 12.5. The Morgan fingerprint density at radius 1 is 1.26 bits per heavy atom. The summed E-state index contributed by atoms with van der Waals surface area (Å²) in [7, 11) is 0. The molecule has 0 spiro atoms. The van der Waals surface area contributed by atoms with Crippen molar-refractivity contribution < 1.29 is 9.53 Å².